The van der Waals surface area contributed by atoms with Crippen molar-refractivity contribution in [3.05, 3.63) is 11.7 Å². The summed E-state index contributed by atoms with van der Waals surface area (Å²) in [5.74, 6) is 0.999. The van der Waals surface area contributed by atoms with E-state index in [-0.39, 0.29) is 12.6 Å². The van der Waals surface area contributed by atoms with Crippen molar-refractivity contribution < 1.29 is 12.9 Å². The SMILES string of the molecule is CNCC1CCCCN1S(=O)(=O)NCCc1nc(C)no1. The van der Waals surface area contributed by atoms with E-state index in [1.165, 1.54) is 0 Å². The zero-order chi connectivity index (χ0) is 15.3. The molecule has 2 heterocycles. The van der Waals surface area contributed by atoms with Gasteiger partial charge >= 0.3 is 0 Å². The molecule has 1 aromatic rings. The largest absolute Gasteiger partial charge is 0.339 e. The summed E-state index contributed by atoms with van der Waals surface area (Å²) in [6.45, 7) is 3.23. The molecule has 1 aromatic heterocycles. The molecule has 1 aliphatic rings. The van der Waals surface area contributed by atoms with E-state index in [2.05, 4.69) is 20.2 Å². The monoisotopic (exact) mass is 317 g/mol. The molecule has 21 heavy (non-hydrogen) atoms. The molecule has 0 aliphatic carbocycles. The lowest BCUT2D eigenvalue weighted by Gasteiger charge is -2.34. The molecule has 0 radical (unpaired) electrons. The van der Waals surface area contributed by atoms with Gasteiger partial charge in [0, 0.05) is 32.1 Å². The number of hydrogen-bond acceptors (Lipinski definition) is 6. The Morgan fingerprint density at radius 1 is 1.43 bits per heavy atom. The van der Waals surface area contributed by atoms with Gasteiger partial charge in [0.15, 0.2) is 5.82 Å². The normalized spacial score (nSPS) is 20.8. The predicted molar refractivity (Wildman–Crippen MR) is 77.9 cm³/mol. The number of nitrogens with zero attached hydrogens (tertiary/aromatic N) is 3. The minimum atomic E-state index is -3.46. The standard InChI is InChI=1S/C12H23N5O3S/c1-10-15-12(20-16-10)6-7-14-21(18,19)17-8-4-3-5-11(17)9-13-2/h11,13-14H,3-9H2,1-2H3. The van der Waals surface area contributed by atoms with Crippen molar-refractivity contribution >= 4 is 10.2 Å². The van der Waals surface area contributed by atoms with Gasteiger partial charge in [0.05, 0.1) is 0 Å². The highest BCUT2D eigenvalue weighted by Gasteiger charge is 2.31. The summed E-state index contributed by atoms with van der Waals surface area (Å²) in [4.78, 5) is 4.05. The third kappa shape index (κ3) is 4.47. The number of piperidine rings is 1. The maximum absolute atomic E-state index is 12.4. The minimum absolute atomic E-state index is 0.0203. The number of hydrogen-bond donors (Lipinski definition) is 2. The van der Waals surface area contributed by atoms with Gasteiger partial charge < -0.3 is 9.84 Å². The number of nitrogens with one attached hydrogen (secondary N) is 2. The molecule has 0 spiro atoms. The van der Waals surface area contributed by atoms with E-state index in [0.29, 0.717) is 31.2 Å². The lowest BCUT2D eigenvalue weighted by atomic mass is 10.1. The maximum atomic E-state index is 12.4. The maximum Gasteiger partial charge on any atom is 0.279 e. The second kappa shape index (κ2) is 7.30. The highest BCUT2D eigenvalue weighted by Crippen LogP contribution is 2.19. The lowest BCUT2D eigenvalue weighted by molar-refractivity contribution is 0.246. The van der Waals surface area contributed by atoms with Gasteiger partial charge in [0.1, 0.15) is 0 Å². The Morgan fingerprint density at radius 2 is 2.24 bits per heavy atom. The molecule has 0 amide bonds. The molecule has 0 aromatic carbocycles. The Bertz CT molecular complexity index is 543. The van der Waals surface area contributed by atoms with Gasteiger partial charge in [-0.3, -0.25) is 0 Å². The number of rotatable bonds is 7. The van der Waals surface area contributed by atoms with Gasteiger partial charge in [0.25, 0.3) is 10.2 Å². The van der Waals surface area contributed by atoms with E-state index < -0.39 is 10.2 Å². The zero-order valence-corrected chi connectivity index (χ0v) is 13.3. The van der Waals surface area contributed by atoms with Crippen molar-refractivity contribution in [3.8, 4) is 0 Å². The van der Waals surface area contributed by atoms with E-state index in [0.717, 1.165) is 19.3 Å². The molecule has 0 bridgehead atoms. The van der Waals surface area contributed by atoms with E-state index in [9.17, 15) is 8.42 Å². The van der Waals surface area contributed by atoms with Crippen LogP contribution >= 0.6 is 0 Å². The van der Waals surface area contributed by atoms with Crippen molar-refractivity contribution in [2.24, 2.45) is 0 Å². The first kappa shape index (κ1) is 16.3. The van der Waals surface area contributed by atoms with Crippen molar-refractivity contribution in [2.75, 3.05) is 26.7 Å². The second-order valence-electron chi connectivity index (χ2n) is 5.20. The fraction of sp³-hybridized carbons (Fsp3) is 0.833. The summed E-state index contributed by atoms with van der Waals surface area (Å²) in [6.07, 6.45) is 3.26. The number of aromatic nitrogens is 2. The van der Waals surface area contributed by atoms with Gasteiger partial charge in [-0.15, -0.1) is 0 Å². The van der Waals surface area contributed by atoms with Crippen LogP contribution < -0.4 is 10.0 Å². The first-order chi connectivity index (χ1) is 10.0. The van der Waals surface area contributed by atoms with Gasteiger partial charge in [-0.1, -0.05) is 11.6 Å². The Morgan fingerprint density at radius 3 is 2.90 bits per heavy atom. The van der Waals surface area contributed by atoms with E-state index in [4.69, 9.17) is 4.52 Å². The Balaban J connectivity index is 1.90. The molecule has 0 saturated carbocycles. The predicted octanol–water partition coefficient (Wildman–Crippen LogP) is -0.171. The smallest absolute Gasteiger partial charge is 0.279 e. The number of aryl methyl sites for hydroxylation is 1. The van der Waals surface area contributed by atoms with Gasteiger partial charge in [-0.2, -0.15) is 17.7 Å². The van der Waals surface area contributed by atoms with Crippen molar-refractivity contribution in [2.45, 2.75) is 38.6 Å². The molecular weight excluding hydrogens is 294 g/mol. The Hall–Kier alpha value is -1.03. The summed E-state index contributed by atoms with van der Waals surface area (Å²) >= 11 is 0. The summed E-state index contributed by atoms with van der Waals surface area (Å²) in [5.41, 5.74) is 0. The summed E-state index contributed by atoms with van der Waals surface area (Å²) in [7, 11) is -1.63. The Labute approximate surface area is 125 Å². The fourth-order valence-corrected chi connectivity index (χ4v) is 4.01. The zero-order valence-electron chi connectivity index (χ0n) is 12.5. The van der Waals surface area contributed by atoms with Crippen molar-refractivity contribution in [3.63, 3.8) is 0 Å². The summed E-state index contributed by atoms with van der Waals surface area (Å²) < 4.78 is 33.9. The van der Waals surface area contributed by atoms with Crippen LogP contribution in [0.15, 0.2) is 4.52 Å². The highest BCUT2D eigenvalue weighted by molar-refractivity contribution is 7.87. The van der Waals surface area contributed by atoms with Crippen LogP contribution in [0.1, 0.15) is 31.0 Å². The topological polar surface area (TPSA) is 100 Å². The van der Waals surface area contributed by atoms with E-state index >= 15 is 0 Å². The molecule has 1 saturated heterocycles. The number of likely N-dealkylation sites (N-methyl/N-ethyl adjacent to an activating group) is 1. The molecule has 1 unspecified atom stereocenters. The molecule has 1 atom stereocenters. The van der Waals surface area contributed by atoms with Crippen molar-refractivity contribution in [1.82, 2.24) is 24.5 Å². The summed E-state index contributed by atoms with van der Waals surface area (Å²) in [6, 6.07) is 0.0203. The minimum Gasteiger partial charge on any atom is -0.339 e. The van der Waals surface area contributed by atoms with Crippen LogP contribution in [-0.4, -0.2) is 55.6 Å². The van der Waals surface area contributed by atoms with Gasteiger partial charge in [-0.05, 0) is 26.8 Å². The second-order valence-corrected chi connectivity index (χ2v) is 6.91. The van der Waals surface area contributed by atoms with Crippen molar-refractivity contribution in [1.29, 1.82) is 0 Å². The lowest BCUT2D eigenvalue weighted by Crippen LogP contribution is -2.52. The molecular formula is C12H23N5O3S. The Kier molecular flexibility index (Phi) is 5.68. The molecule has 8 nitrogen and oxygen atoms in total. The average molecular weight is 317 g/mol. The molecule has 120 valence electrons. The van der Waals surface area contributed by atoms with Gasteiger partial charge in [-0.25, -0.2) is 4.72 Å². The van der Waals surface area contributed by atoms with Crippen LogP contribution in [0.25, 0.3) is 0 Å². The first-order valence-electron chi connectivity index (χ1n) is 7.23. The molecule has 1 aliphatic heterocycles. The first-order valence-corrected chi connectivity index (χ1v) is 8.67. The quantitative estimate of drug-likeness (QED) is 0.724. The van der Waals surface area contributed by atoms with Gasteiger partial charge in [0.2, 0.25) is 5.89 Å². The third-order valence-corrected chi connectivity index (χ3v) is 5.18. The van der Waals surface area contributed by atoms with Crippen LogP contribution in [0, 0.1) is 6.92 Å². The van der Waals surface area contributed by atoms with E-state index in [1.54, 1.807) is 11.2 Å². The van der Waals surface area contributed by atoms with Crippen LogP contribution in [0.4, 0.5) is 0 Å². The fourth-order valence-electron chi connectivity index (χ4n) is 2.54. The van der Waals surface area contributed by atoms with E-state index in [1.807, 2.05) is 7.05 Å². The molecule has 2 N–H and O–H groups in total. The third-order valence-electron chi connectivity index (χ3n) is 3.51. The van der Waals surface area contributed by atoms with Crippen LogP contribution in [0.2, 0.25) is 0 Å². The van der Waals surface area contributed by atoms with Crippen LogP contribution in [0.3, 0.4) is 0 Å². The van der Waals surface area contributed by atoms with Crippen LogP contribution in [0.5, 0.6) is 0 Å². The molecule has 1 fully saturated rings. The summed E-state index contributed by atoms with van der Waals surface area (Å²) in [5, 5.41) is 6.73. The molecule has 2 rings (SSSR count). The molecule has 9 heteroatoms. The highest BCUT2D eigenvalue weighted by atomic mass is 32.2. The average Bonchev–Trinajstić information content (AvgIpc) is 2.85. The van der Waals surface area contributed by atoms with Crippen LogP contribution in [-0.2, 0) is 16.6 Å².